The number of nitrogens with zero attached hydrogens (tertiary/aromatic N) is 2. The molecule has 0 aromatic carbocycles. The number of thiocarbonyl (C=S) groups is 1. The fourth-order valence-electron chi connectivity index (χ4n) is 2.88. The largest absolute Gasteiger partial charge is 0.309 e. The number of hydrogen-bond donors (Lipinski definition) is 4. The van der Waals surface area contributed by atoms with E-state index in [1.54, 1.807) is 0 Å². The Morgan fingerprint density at radius 3 is 1.68 bits per heavy atom. The van der Waals surface area contributed by atoms with Crippen molar-refractivity contribution in [3.8, 4) is 0 Å². The molecule has 0 spiro atoms. The van der Waals surface area contributed by atoms with E-state index in [4.69, 9.17) is 12.2 Å². The lowest BCUT2D eigenvalue weighted by Gasteiger charge is -2.23. The molecule has 0 aromatic heterocycles. The maximum absolute atomic E-state index is 5.22. The molecular formula is C15H28N6S. The van der Waals surface area contributed by atoms with E-state index in [1.165, 1.54) is 25.7 Å². The molecule has 0 saturated carbocycles. The normalized spacial score (nSPS) is 27.4. The second-order valence-corrected chi connectivity index (χ2v) is 6.47. The predicted molar refractivity (Wildman–Crippen MR) is 96.4 cm³/mol. The third kappa shape index (κ3) is 5.62. The quantitative estimate of drug-likeness (QED) is 0.358. The zero-order chi connectivity index (χ0) is 15.8. The molecule has 2 aliphatic heterocycles. The second-order valence-electron chi connectivity index (χ2n) is 6.06. The van der Waals surface area contributed by atoms with Gasteiger partial charge in [-0.15, -0.1) is 0 Å². The molecule has 22 heavy (non-hydrogen) atoms. The van der Waals surface area contributed by atoms with Gasteiger partial charge in [0, 0.05) is 12.1 Å². The summed E-state index contributed by atoms with van der Waals surface area (Å²) in [6.07, 6.45) is 7.29. The van der Waals surface area contributed by atoms with Crippen LogP contribution in [0.15, 0.2) is 10.2 Å². The molecule has 0 amide bonds. The number of hydrazone groups is 2. The minimum atomic E-state index is 0.362. The molecule has 2 rings (SSSR count). The Kier molecular flexibility index (Phi) is 7.21. The molecule has 2 atom stereocenters. The van der Waals surface area contributed by atoms with Gasteiger partial charge in [-0.05, 0) is 64.8 Å². The molecule has 124 valence electrons. The molecule has 7 heteroatoms. The first-order chi connectivity index (χ1) is 10.7. The monoisotopic (exact) mass is 324 g/mol. The van der Waals surface area contributed by atoms with Gasteiger partial charge in [-0.25, -0.2) is 0 Å². The van der Waals surface area contributed by atoms with Crippen LogP contribution in [-0.2, 0) is 0 Å². The van der Waals surface area contributed by atoms with E-state index in [9.17, 15) is 0 Å². The summed E-state index contributed by atoms with van der Waals surface area (Å²) in [5.74, 6) is 0. The Morgan fingerprint density at radius 2 is 1.32 bits per heavy atom. The van der Waals surface area contributed by atoms with E-state index >= 15 is 0 Å². The minimum Gasteiger partial charge on any atom is -0.309 e. The fraction of sp³-hybridized carbons (Fsp3) is 0.800. The highest BCUT2D eigenvalue weighted by atomic mass is 32.1. The number of hydrogen-bond acceptors (Lipinski definition) is 5. The van der Waals surface area contributed by atoms with Crippen LogP contribution in [0.5, 0.6) is 0 Å². The van der Waals surface area contributed by atoms with Crippen LogP contribution in [-0.4, -0.2) is 41.7 Å². The van der Waals surface area contributed by atoms with Crippen molar-refractivity contribution in [1.29, 1.82) is 0 Å². The van der Waals surface area contributed by atoms with Crippen molar-refractivity contribution in [3.05, 3.63) is 0 Å². The van der Waals surface area contributed by atoms with Gasteiger partial charge >= 0.3 is 0 Å². The van der Waals surface area contributed by atoms with E-state index in [-0.39, 0.29) is 0 Å². The Bertz CT molecular complexity index is 384. The Labute approximate surface area is 138 Å². The number of piperidine rings is 2. The Morgan fingerprint density at radius 1 is 0.864 bits per heavy atom. The predicted octanol–water partition coefficient (Wildman–Crippen LogP) is 1.49. The van der Waals surface area contributed by atoms with Gasteiger partial charge in [0.05, 0.1) is 11.4 Å². The molecule has 0 aliphatic carbocycles. The van der Waals surface area contributed by atoms with E-state index in [2.05, 4.69) is 31.7 Å². The molecule has 2 heterocycles. The maximum atomic E-state index is 5.22. The van der Waals surface area contributed by atoms with Crippen molar-refractivity contribution in [2.24, 2.45) is 10.2 Å². The summed E-state index contributed by atoms with van der Waals surface area (Å²) in [6.45, 7) is 6.19. The van der Waals surface area contributed by atoms with Crippen LogP contribution in [0.3, 0.4) is 0 Å². The Hall–Kier alpha value is -1.05. The van der Waals surface area contributed by atoms with Gasteiger partial charge in [0.2, 0.25) is 5.11 Å². The van der Waals surface area contributed by atoms with Crippen molar-refractivity contribution in [3.63, 3.8) is 0 Å². The lowest BCUT2D eigenvalue weighted by molar-refractivity contribution is 0.469. The van der Waals surface area contributed by atoms with E-state index in [1.807, 2.05) is 13.8 Å². The van der Waals surface area contributed by atoms with Crippen LogP contribution in [0, 0.1) is 0 Å². The highest BCUT2D eigenvalue weighted by molar-refractivity contribution is 7.80. The molecule has 2 fully saturated rings. The molecule has 2 unspecified atom stereocenters. The SMILES string of the molecule is CC(=NNC(=S)NN=C(C)C1CCCCN1)C1CCCCN1. The molecule has 0 radical (unpaired) electrons. The van der Waals surface area contributed by atoms with Gasteiger partial charge in [0.25, 0.3) is 0 Å². The Balaban J connectivity index is 1.74. The van der Waals surface area contributed by atoms with Gasteiger partial charge in [0.15, 0.2) is 0 Å². The number of nitrogens with one attached hydrogen (secondary N) is 4. The van der Waals surface area contributed by atoms with E-state index < -0.39 is 0 Å². The van der Waals surface area contributed by atoms with Crippen molar-refractivity contribution in [1.82, 2.24) is 21.5 Å². The van der Waals surface area contributed by atoms with Gasteiger partial charge in [-0.2, -0.15) is 10.2 Å². The molecular weight excluding hydrogens is 296 g/mol. The highest BCUT2D eigenvalue weighted by Gasteiger charge is 2.16. The van der Waals surface area contributed by atoms with Crippen LogP contribution >= 0.6 is 12.2 Å². The topological polar surface area (TPSA) is 72.8 Å². The summed E-state index contributed by atoms with van der Waals surface area (Å²) < 4.78 is 0. The average Bonchev–Trinajstić information content (AvgIpc) is 2.59. The average molecular weight is 324 g/mol. The highest BCUT2D eigenvalue weighted by Crippen LogP contribution is 2.08. The summed E-state index contributed by atoms with van der Waals surface area (Å²) in [5.41, 5.74) is 7.84. The lowest BCUT2D eigenvalue weighted by atomic mass is 10.0. The summed E-state index contributed by atoms with van der Waals surface area (Å²) in [4.78, 5) is 0. The fourth-order valence-corrected chi connectivity index (χ4v) is 2.97. The van der Waals surface area contributed by atoms with Crippen LogP contribution in [0.1, 0.15) is 52.4 Å². The van der Waals surface area contributed by atoms with Crippen LogP contribution < -0.4 is 21.5 Å². The molecule has 0 aromatic rings. The molecule has 2 saturated heterocycles. The van der Waals surface area contributed by atoms with Crippen LogP contribution in [0.25, 0.3) is 0 Å². The molecule has 0 bridgehead atoms. The standard InChI is InChI=1S/C15H28N6S/c1-11(13-7-3-5-9-16-13)18-20-15(22)21-19-12(2)14-8-4-6-10-17-14/h13-14,16-17H,3-10H2,1-2H3,(H2,20,21,22). The van der Waals surface area contributed by atoms with Crippen molar-refractivity contribution >= 4 is 28.8 Å². The number of rotatable bonds is 4. The second kappa shape index (κ2) is 9.17. The van der Waals surface area contributed by atoms with Gasteiger partial charge < -0.3 is 10.6 Å². The van der Waals surface area contributed by atoms with E-state index in [0.29, 0.717) is 17.2 Å². The third-order valence-corrected chi connectivity index (χ3v) is 4.48. The summed E-state index contributed by atoms with van der Waals surface area (Å²) in [7, 11) is 0. The summed E-state index contributed by atoms with van der Waals surface area (Å²) in [6, 6.07) is 0.724. The molecule has 4 N–H and O–H groups in total. The lowest BCUT2D eigenvalue weighted by Crippen LogP contribution is -2.42. The van der Waals surface area contributed by atoms with Crippen LogP contribution in [0.2, 0.25) is 0 Å². The smallest absolute Gasteiger partial charge is 0.207 e. The first-order valence-electron chi connectivity index (χ1n) is 8.28. The zero-order valence-corrected chi connectivity index (χ0v) is 14.4. The minimum absolute atomic E-state index is 0.362. The summed E-state index contributed by atoms with van der Waals surface area (Å²) in [5, 5.41) is 16.1. The first-order valence-corrected chi connectivity index (χ1v) is 8.69. The zero-order valence-electron chi connectivity index (χ0n) is 13.6. The van der Waals surface area contributed by atoms with Crippen LogP contribution in [0.4, 0.5) is 0 Å². The van der Waals surface area contributed by atoms with Crippen molar-refractivity contribution in [2.75, 3.05) is 13.1 Å². The van der Waals surface area contributed by atoms with Crippen molar-refractivity contribution in [2.45, 2.75) is 64.5 Å². The van der Waals surface area contributed by atoms with E-state index in [0.717, 1.165) is 37.4 Å². The van der Waals surface area contributed by atoms with Gasteiger partial charge in [-0.1, -0.05) is 12.8 Å². The van der Waals surface area contributed by atoms with Gasteiger partial charge in [0.1, 0.15) is 0 Å². The third-order valence-electron chi connectivity index (χ3n) is 4.30. The first kappa shape index (κ1) is 17.3. The van der Waals surface area contributed by atoms with Crippen molar-refractivity contribution < 1.29 is 0 Å². The molecule has 2 aliphatic rings. The summed E-state index contributed by atoms with van der Waals surface area (Å²) >= 11 is 5.22. The molecule has 6 nitrogen and oxygen atoms in total. The van der Waals surface area contributed by atoms with Gasteiger partial charge in [-0.3, -0.25) is 10.9 Å². The maximum Gasteiger partial charge on any atom is 0.207 e.